The van der Waals surface area contributed by atoms with Gasteiger partial charge in [0.1, 0.15) is 0 Å². The van der Waals surface area contributed by atoms with Crippen LogP contribution in [-0.2, 0) is 4.79 Å². The van der Waals surface area contributed by atoms with E-state index >= 15 is 0 Å². The van der Waals surface area contributed by atoms with Crippen molar-refractivity contribution in [2.45, 2.75) is 61.3 Å². The summed E-state index contributed by atoms with van der Waals surface area (Å²) in [7, 11) is 0. The topological polar surface area (TPSA) is 20.3 Å². The van der Waals surface area contributed by atoms with Gasteiger partial charge in [0.05, 0.1) is 0 Å². The third kappa shape index (κ3) is 14.0. The number of hydrogen-bond donors (Lipinski definition) is 0. The van der Waals surface area contributed by atoms with Crippen molar-refractivity contribution >= 4 is 5.91 Å². The summed E-state index contributed by atoms with van der Waals surface area (Å²) >= 11 is 0. The Hall–Kier alpha value is -0.530. The normalized spacial score (nSPS) is 7.64. The van der Waals surface area contributed by atoms with Gasteiger partial charge in [-0.05, 0) is 12.8 Å². The van der Waals surface area contributed by atoms with E-state index in [1.165, 1.54) is 0 Å². The molecule has 0 saturated heterocycles. The Morgan fingerprint density at radius 3 is 1.36 bits per heavy atom. The second-order valence-corrected chi connectivity index (χ2v) is 2.51. The molecule has 0 fully saturated rings. The molecule has 0 aromatic rings. The summed E-state index contributed by atoms with van der Waals surface area (Å²) in [5.41, 5.74) is 0. The van der Waals surface area contributed by atoms with Crippen LogP contribution < -0.4 is 0 Å². The zero-order valence-electron chi connectivity index (χ0n) is 11.2. The number of hydrogen-bond acceptors (Lipinski definition) is 1. The van der Waals surface area contributed by atoms with Crippen LogP contribution in [0.4, 0.5) is 0 Å². The first-order chi connectivity index (χ1) is 6.72. The van der Waals surface area contributed by atoms with Gasteiger partial charge in [0, 0.05) is 20.0 Å². The number of carbonyl (C=O) groups excluding carboxylic acids is 1. The first-order valence-electron chi connectivity index (χ1n) is 5.97. The molecule has 14 heavy (non-hydrogen) atoms. The Morgan fingerprint density at radius 1 is 0.929 bits per heavy atom. The summed E-state index contributed by atoms with van der Waals surface area (Å²) in [5.74, 6) is 0.198. The van der Waals surface area contributed by atoms with Gasteiger partial charge >= 0.3 is 0 Å². The standard InChI is InChI=1S/C8H17NO.2C2H6/c1-4-6-9(7-5-2)8(3)10;2*1-2/h4-7H2,1-3H3;2*1-2H3. The Bertz CT molecular complexity index is 96.5. The minimum absolute atomic E-state index is 0.198. The zero-order valence-corrected chi connectivity index (χ0v) is 11.2. The van der Waals surface area contributed by atoms with Gasteiger partial charge in [0.15, 0.2) is 0 Å². The highest BCUT2D eigenvalue weighted by Crippen LogP contribution is 1.93. The molecule has 0 aromatic carbocycles. The van der Waals surface area contributed by atoms with Crippen LogP contribution in [0, 0.1) is 0 Å². The van der Waals surface area contributed by atoms with E-state index in [-0.39, 0.29) is 5.91 Å². The summed E-state index contributed by atoms with van der Waals surface area (Å²) < 4.78 is 0. The van der Waals surface area contributed by atoms with Gasteiger partial charge in [0.25, 0.3) is 0 Å². The van der Waals surface area contributed by atoms with Gasteiger partial charge in [-0.3, -0.25) is 4.79 Å². The van der Waals surface area contributed by atoms with Crippen molar-refractivity contribution in [3.8, 4) is 0 Å². The minimum Gasteiger partial charge on any atom is -0.343 e. The van der Waals surface area contributed by atoms with Crippen LogP contribution >= 0.6 is 0 Å². The van der Waals surface area contributed by atoms with Gasteiger partial charge in [-0.1, -0.05) is 41.5 Å². The Balaban J connectivity index is -0.000000266. The zero-order chi connectivity index (χ0) is 12.0. The SMILES string of the molecule is CC.CC.CCCN(CCC)C(C)=O. The molecule has 0 spiro atoms. The van der Waals surface area contributed by atoms with Gasteiger partial charge in [-0.25, -0.2) is 0 Å². The molecule has 0 N–H and O–H groups in total. The minimum atomic E-state index is 0.198. The van der Waals surface area contributed by atoms with Gasteiger partial charge < -0.3 is 4.90 Å². The third-order valence-electron chi connectivity index (χ3n) is 1.43. The van der Waals surface area contributed by atoms with Crippen molar-refractivity contribution in [1.29, 1.82) is 0 Å². The quantitative estimate of drug-likeness (QED) is 0.682. The summed E-state index contributed by atoms with van der Waals surface area (Å²) in [4.78, 5) is 12.7. The average molecular weight is 203 g/mol. The molecular formula is C12H29NO. The highest BCUT2D eigenvalue weighted by atomic mass is 16.2. The van der Waals surface area contributed by atoms with Crippen molar-refractivity contribution in [3.05, 3.63) is 0 Å². The molecule has 1 amide bonds. The number of nitrogens with zero attached hydrogens (tertiary/aromatic N) is 1. The average Bonchev–Trinajstić information content (AvgIpc) is 2.23. The van der Waals surface area contributed by atoms with E-state index in [9.17, 15) is 4.79 Å². The molecular weight excluding hydrogens is 174 g/mol. The van der Waals surface area contributed by atoms with Crippen LogP contribution in [0.15, 0.2) is 0 Å². The van der Waals surface area contributed by atoms with Crippen molar-refractivity contribution < 1.29 is 4.79 Å². The first-order valence-corrected chi connectivity index (χ1v) is 5.97. The van der Waals surface area contributed by atoms with E-state index in [0.29, 0.717) is 0 Å². The molecule has 0 atom stereocenters. The molecule has 0 aromatic heterocycles. The maximum Gasteiger partial charge on any atom is 0.219 e. The Labute approximate surface area is 90.7 Å². The highest BCUT2D eigenvalue weighted by Gasteiger charge is 2.03. The smallest absolute Gasteiger partial charge is 0.219 e. The number of amides is 1. The molecule has 0 aliphatic rings. The first kappa shape index (κ1) is 19.1. The summed E-state index contributed by atoms with van der Waals surface area (Å²) in [5, 5.41) is 0. The van der Waals surface area contributed by atoms with Crippen LogP contribution in [0.2, 0.25) is 0 Å². The molecule has 0 unspecified atom stereocenters. The van der Waals surface area contributed by atoms with Crippen LogP contribution in [0.25, 0.3) is 0 Å². The second kappa shape index (κ2) is 18.3. The van der Waals surface area contributed by atoms with Crippen LogP contribution in [0.5, 0.6) is 0 Å². The molecule has 0 saturated carbocycles. The molecule has 0 rings (SSSR count). The van der Waals surface area contributed by atoms with Crippen molar-refractivity contribution in [3.63, 3.8) is 0 Å². The van der Waals surface area contributed by atoms with Crippen LogP contribution in [0.3, 0.4) is 0 Å². The fraction of sp³-hybridized carbons (Fsp3) is 0.917. The van der Waals surface area contributed by atoms with E-state index in [2.05, 4.69) is 13.8 Å². The van der Waals surface area contributed by atoms with E-state index in [1.807, 2.05) is 32.6 Å². The fourth-order valence-electron chi connectivity index (χ4n) is 0.967. The highest BCUT2D eigenvalue weighted by molar-refractivity contribution is 5.73. The number of rotatable bonds is 4. The predicted molar refractivity (Wildman–Crippen MR) is 65.5 cm³/mol. The second-order valence-electron chi connectivity index (χ2n) is 2.51. The Kier molecular flexibility index (Phi) is 25.0. The van der Waals surface area contributed by atoms with Gasteiger partial charge in [-0.15, -0.1) is 0 Å². The lowest BCUT2D eigenvalue weighted by Crippen LogP contribution is -2.29. The molecule has 0 heterocycles. The van der Waals surface area contributed by atoms with Crippen molar-refractivity contribution in [2.75, 3.05) is 13.1 Å². The maximum absolute atomic E-state index is 10.8. The van der Waals surface area contributed by atoms with E-state index in [0.717, 1.165) is 25.9 Å². The summed E-state index contributed by atoms with van der Waals surface area (Å²) in [6, 6.07) is 0. The van der Waals surface area contributed by atoms with Crippen molar-refractivity contribution in [2.24, 2.45) is 0 Å². The Morgan fingerprint density at radius 2 is 1.21 bits per heavy atom. The van der Waals surface area contributed by atoms with E-state index in [4.69, 9.17) is 0 Å². The fourth-order valence-corrected chi connectivity index (χ4v) is 0.967. The molecule has 0 radical (unpaired) electrons. The lowest BCUT2D eigenvalue weighted by molar-refractivity contribution is -0.128. The van der Waals surface area contributed by atoms with Gasteiger partial charge in [0.2, 0.25) is 5.91 Å². The van der Waals surface area contributed by atoms with Crippen LogP contribution in [0.1, 0.15) is 61.3 Å². The monoisotopic (exact) mass is 203 g/mol. The largest absolute Gasteiger partial charge is 0.343 e. The van der Waals surface area contributed by atoms with E-state index < -0.39 is 0 Å². The molecule has 2 nitrogen and oxygen atoms in total. The van der Waals surface area contributed by atoms with Gasteiger partial charge in [-0.2, -0.15) is 0 Å². The summed E-state index contributed by atoms with van der Waals surface area (Å²) in [6.45, 7) is 15.6. The van der Waals surface area contributed by atoms with Crippen molar-refractivity contribution in [1.82, 2.24) is 4.90 Å². The molecule has 2 heteroatoms. The predicted octanol–water partition coefficient (Wildman–Crippen LogP) is 3.71. The lowest BCUT2D eigenvalue weighted by atomic mass is 10.3. The molecule has 0 aliphatic heterocycles. The number of carbonyl (C=O) groups is 1. The maximum atomic E-state index is 10.8. The van der Waals surface area contributed by atoms with E-state index in [1.54, 1.807) is 6.92 Å². The lowest BCUT2D eigenvalue weighted by Gasteiger charge is -2.18. The molecule has 0 aliphatic carbocycles. The third-order valence-corrected chi connectivity index (χ3v) is 1.43. The summed E-state index contributed by atoms with van der Waals surface area (Å²) in [6.07, 6.45) is 2.11. The molecule has 0 bridgehead atoms. The van der Waals surface area contributed by atoms with Crippen LogP contribution in [-0.4, -0.2) is 23.9 Å². The molecule has 88 valence electrons.